The van der Waals surface area contributed by atoms with Crippen molar-refractivity contribution in [1.29, 1.82) is 0 Å². The summed E-state index contributed by atoms with van der Waals surface area (Å²) in [6.07, 6.45) is 1.74. The molecule has 0 radical (unpaired) electrons. The number of nitrogens with one attached hydrogen (secondary N) is 2. The van der Waals surface area contributed by atoms with Gasteiger partial charge >= 0.3 is 0 Å². The number of hydrogen-bond acceptors (Lipinski definition) is 3. The summed E-state index contributed by atoms with van der Waals surface area (Å²) < 4.78 is 0. The standard InChI is InChI=1S/C11H23N3O2.ClH/c1-5-6-8(4)10(15)13-14-11(16)9(12)7(2)3;/h7-9H,5-6,12H2,1-4H3,(H,13,15)(H,14,16);1H/t8?,9-;/m0./s1. The van der Waals surface area contributed by atoms with E-state index in [0.717, 1.165) is 12.8 Å². The summed E-state index contributed by atoms with van der Waals surface area (Å²) in [4.78, 5) is 22.9. The predicted molar refractivity (Wildman–Crippen MR) is 70.4 cm³/mol. The van der Waals surface area contributed by atoms with E-state index in [1.54, 1.807) is 0 Å². The average molecular weight is 266 g/mol. The van der Waals surface area contributed by atoms with E-state index in [4.69, 9.17) is 5.73 Å². The van der Waals surface area contributed by atoms with Crippen molar-refractivity contribution in [2.45, 2.75) is 46.6 Å². The molecule has 4 N–H and O–H groups in total. The van der Waals surface area contributed by atoms with E-state index in [9.17, 15) is 9.59 Å². The molecular weight excluding hydrogens is 242 g/mol. The van der Waals surface area contributed by atoms with E-state index in [1.165, 1.54) is 0 Å². The maximum atomic E-state index is 11.5. The summed E-state index contributed by atoms with van der Waals surface area (Å²) in [7, 11) is 0. The second kappa shape index (κ2) is 9.24. The first-order chi connectivity index (χ1) is 7.40. The highest BCUT2D eigenvalue weighted by molar-refractivity contribution is 5.86. The lowest BCUT2D eigenvalue weighted by molar-refractivity contribution is -0.132. The van der Waals surface area contributed by atoms with Gasteiger partial charge in [0.15, 0.2) is 0 Å². The maximum absolute atomic E-state index is 11.5. The summed E-state index contributed by atoms with van der Waals surface area (Å²) >= 11 is 0. The number of rotatable bonds is 5. The molecule has 1 unspecified atom stereocenters. The number of nitrogens with two attached hydrogens (primary N) is 1. The minimum Gasteiger partial charge on any atom is -0.320 e. The topological polar surface area (TPSA) is 84.2 Å². The van der Waals surface area contributed by atoms with Crippen LogP contribution in [0.2, 0.25) is 0 Å². The SMILES string of the molecule is CCCC(C)C(=O)NNC(=O)[C@@H](N)C(C)C.Cl. The van der Waals surface area contributed by atoms with Crippen LogP contribution in [0.15, 0.2) is 0 Å². The molecule has 5 nitrogen and oxygen atoms in total. The van der Waals surface area contributed by atoms with Crippen LogP contribution in [0.25, 0.3) is 0 Å². The van der Waals surface area contributed by atoms with Crippen LogP contribution in [-0.2, 0) is 9.59 Å². The number of carbonyl (C=O) groups is 2. The average Bonchev–Trinajstić information content (AvgIpc) is 2.24. The van der Waals surface area contributed by atoms with Crippen molar-refractivity contribution in [3.8, 4) is 0 Å². The fourth-order valence-corrected chi connectivity index (χ4v) is 1.20. The van der Waals surface area contributed by atoms with E-state index in [-0.39, 0.29) is 36.1 Å². The molecule has 17 heavy (non-hydrogen) atoms. The Morgan fingerprint density at radius 1 is 1.12 bits per heavy atom. The minimum absolute atomic E-state index is 0. The van der Waals surface area contributed by atoms with Crippen molar-refractivity contribution in [1.82, 2.24) is 10.9 Å². The molecule has 0 aromatic heterocycles. The summed E-state index contributed by atoms with van der Waals surface area (Å²) in [6.45, 7) is 7.54. The number of carbonyl (C=O) groups excluding carboxylic acids is 2. The van der Waals surface area contributed by atoms with Crippen molar-refractivity contribution in [2.24, 2.45) is 17.6 Å². The van der Waals surface area contributed by atoms with Crippen LogP contribution >= 0.6 is 12.4 Å². The van der Waals surface area contributed by atoms with Crippen molar-refractivity contribution in [2.75, 3.05) is 0 Å². The van der Waals surface area contributed by atoms with E-state index >= 15 is 0 Å². The molecule has 0 aliphatic rings. The van der Waals surface area contributed by atoms with Gasteiger partial charge in [-0.15, -0.1) is 12.4 Å². The third-order valence-corrected chi connectivity index (χ3v) is 2.50. The molecule has 6 heteroatoms. The quantitative estimate of drug-likeness (QED) is 0.648. The Bertz CT molecular complexity index is 247. The van der Waals surface area contributed by atoms with Crippen LogP contribution in [0.3, 0.4) is 0 Å². The molecule has 0 fully saturated rings. The molecule has 0 aliphatic heterocycles. The van der Waals surface area contributed by atoms with Crippen LogP contribution < -0.4 is 16.6 Å². The van der Waals surface area contributed by atoms with Crippen molar-refractivity contribution >= 4 is 24.2 Å². The van der Waals surface area contributed by atoms with Crippen molar-refractivity contribution < 1.29 is 9.59 Å². The van der Waals surface area contributed by atoms with Crippen molar-refractivity contribution in [3.63, 3.8) is 0 Å². The summed E-state index contributed by atoms with van der Waals surface area (Å²) in [5.74, 6) is -0.580. The Morgan fingerprint density at radius 3 is 2.00 bits per heavy atom. The number of hydrazine groups is 1. The van der Waals surface area contributed by atoms with Gasteiger partial charge in [0, 0.05) is 5.92 Å². The van der Waals surface area contributed by atoms with Gasteiger partial charge in [0.05, 0.1) is 6.04 Å². The van der Waals surface area contributed by atoms with Gasteiger partial charge in [-0.05, 0) is 12.3 Å². The molecule has 0 aromatic rings. The van der Waals surface area contributed by atoms with Gasteiger partial charge in [0.2, 0.25) is 5.91 Å². The molecule has 0 bridgehead atoms. The smallest absolute Gasteiger partial charge is 0.255 e. The summed E-state index contributed by atoms with van der Waals surface area (Å²) in [5, 5.41) is 0. The van der Waals surface area contributed by atoms with Gasteiger partial charge in [-0.2, -0.15) is 0 Å². The Balaban J connectivity index is 0. The molecule has 0 spiro atoms. The zero-order valence-electron chi connectivity index (χ0n) is 10.9. The highest BCUT2D eigenvalue weighted by atomic mass is 35.5. The normalized spacial score (nSPS) is 13.5. The molecule has 0 heterocycles. The zero-order chi connectivity index (χ0) is 12.7. The van der Waals surface area contributed by atoms with Crippen LogP contribution in [0.4, 0.5) is 0 Å². The van der Waals surface area contributed by atoms with Crippen LogP contribution in [0, 0.1) is 11.8 Å². The number of amides is 2. The first-order valence-electron chi connectivity index (χ1n) is 5.75. The van der Waals surface area contributed by atoms with Crippen LogP contribution in [-0.4, -0.2) is 17.9 Å². The third-order valence-electron chi connectivity index (χ3n) is 2.50. The molecule has 2 amide bonds. The lowest BCUT2D eigenvalue weighted by Gasteiger charge is -2.17. The van der Waals surface area contributed by atoms with Gasteiger partial charge in [0.1, 0.15) is 0 Å². The lowest BCUT2D eigenvalue weighted by Crippen LogP contribution is -2.52. The molecule has 0 rings (SSSR count). The zero-order valence-corrected chi connectivity index (χ0v) is 11.8. The number of halogens is 1. The minimum atomic E-state index is -0.596. The predicted octanol–water partition coefficient (Wildman–Crippen LogP) is 0.975. The van der Waals surface area contributed by atoms with Gasteiger partial charge in [-0.3, -0.25) is 20.4 Å². The Hall–Kier alpha value is -0.810. The largest absolute Gasteiger partial charge is 0.320 e. The monoisotopic (exact) mass is 265 g/mol. The lowest BCUT2D eigenvalue weighted by atomic mass is 10.1. The van der Waals surface area contributed by atoms with Gasteiger partial charge in [-0.1, -0.05) is 34.1 Å². The molecule has 0 saturated heterocycles. The third kappa shape index (κ3) is 7.18. The molecule has 2 atom stereocenters. The van der Waals surface area contributed by atoms with E-state index < -0.39 is 6.04 Å². The van der Waals surface area contributed by atoms with E-state index in [0.29, 0.717) is 0 Å². The van der Waals surface area contributed by atoms with Crippen molar-refractivity contribution in [3.05, 3.63) is 0 Å². The fraction of sp³-hybridized carbons (Fsp3) is 0.818. The van der Waals surface area contributed by atoms with Gasteiger partial charge in [-0.25, -0.2) is 0 Å². The maximum Gasteiger partial charge on any atom is 0.255 e. The van der Waals surface area contributed by atoms with E-state index in [2.05, 4.69) is 10.9 Å². The Labute approximate surface area is 109 Å². The molecule has 0 saturated carbocycles. The first kappa shape index (κ1) is 18.6. The molecule has 102 valence electrons. The van der Waals surface area contributed by atoms with E-state index in [1.807, 2.05) is 27.7 Å². The second-order valence-corrected chi connectivity index (χ2v) is 4.44. The fourth-order valence-electron chi connectivity index (χ4n) is 1.20. The Morgan fingerprint density at radius 2 is 1.59 bits per heavy atom. The highest BCUT2D eigenvalue weighted by Gasteiger charge is 2.18. The van der Waals surface area contributed by atoms with Crippen LogP contribution in [0.5, 0.6) is 0 Å². The molecule has 0 aliphatic carbocycles. The van der Waals surface area contributed by atoms with Gasteiger partial charge < -0.3 is 5.73 Å². The second-order valence-electron chi connectivity index (χ2n) is 4.44. The number of hydrogen-bond donors (Lipinski definition) is 3. The highest BCUT2D eigenvalue weighted by Crippen LogP contribution is 2.03. The summed E-state index contributed by atoms with van der Waals surface area (Å²) in [6, 6.07) is -0.596. The first-order valence-corrected chi connectivity index (χ1v) is 5.75. The molecular formula is C11H24ClN3O2. The molecule has 0 aromatic carbocycles. The Kier molecular flexibility index (Phi) is 10.1. The summed E-state index contributed by atoms with van der Waals surface area (Å²) in [5.41, 5.74) is 10.3. The van der Waals surface area contributed by atoms with Crippen LogP contribution in [0.1, 0.15) is 40.5 Å². The van der Waals surface area contributed by atoms with Gasteiger partial charge in [0.25, 0.3) is 5.91 Å².